The Morgan fingerprint density at radius 1 is 1.52 bits per heavy atom. The zero-order chi connectivity index (χ0) is 14.7. The highest BCUT2D eigenvalue weighted by Crippen LogP contribution is 2.41. The summed E-state index contributed by atoms with van der Waals surface area (Å²) in [5, 5.41) is 10.6. The van der Waals surface area contributed by atoms with E-state index < -0.39 is 0 Å². The van der Waals surface area contributed by atoms with Gasteiger partial charge in [0.1, 0.15) is 5.75 Å². The Balaban J connectivity index is 1.63. The fourth-order valence-electron chi connectivity index (χ4n) is 3.46. The molecule has 0 aromatic heterocycles. The van der Waals surface area contributed by atoms with Gasteiger partial charge in [0.15, 0.2) is 0 Å². The number of rotatable bonds is 4. The number of hydrogen-bond donors (Lipinski definition) is 1. The van der Waals surface area contributed by atoms with Crippen LogP contribution in [-0.4, -0.2) is 42.0 Å². The first kappa shape index (κ1) is 15.2. The summed E-state index contributed by atoms with van der Waals surface area (Å²) < 4.78 is 11.3. The van der Waals surface area contributed by atoms with Gasteiger partial charge in [-0.15, -0.1) is 0 Å². The number of thioether (sulfide) groups is 1. The minimum atomic E-state index is -0.288. The van der Waals surface area contributed by atoms with Gasteiger partial charge >= 0.3 is 0 Å². The van der Waals surface area contributed by atoms with E-state index in [1.807, 2.05) is 30.0 Å². The number of ether oxygens (including phenoxy) is 2. The molecule has 0 aliphatic carbocycles. The van der Waals surface area contributed by atoms with Gasteiger partial charge in [0.2, 0.25) is 0 Å². The topological polar surface area (TPSA) is 38.7 Å². The second-order valence-electron chi connectivity index (χ2n) is 6.21. The lowest BCUT2D eigenvalue weighted by Crippen LogP contribution is -2.43. The van der Waals surface area contributed by atoms with Gasteiger partial charge in [-0.1, -0.05) is 12.1 Å². The Labute approximate surface area is 131 Å². The maximum atomic E-state index is 10.6. The van der Waals surface area contributed by atoms with E-state index >= 15 is 0 Å². The Bertz CT molecular complexity index is 471. The van der Waals surface area contributed by atoms with Crippen LogP contribution in [0.1, 0.15) is 24.8 Å². The van der Waals surface area contributed by atoms with E-state index in [4.69, 9.17) is 9.47 Å². The first-order valence-electron chi connectivity index (χ1n) is 7.73. The zero-order valence-electron chi connectivity index (χ0n) is 12.6. The smallest absolute Gasteiger partial charge is 0.119 e. The lowest BCUT2D eigenvalue weighted by atomic mass is 9.81. The van der Waals surface area contributed by atoms with E-state index in [0.29, 0.717) is 12.3 Å². The van der Waals surface area contributed by atoms with Crippen molar-refractivity contribution in [2.45, 2.75) is 37.4 Å². The van der Waals surface area contributed by atoms with E-state index in [0.717, 1.165) is 42.9 Å². The Morgan fingerprint density at radius 2 is 2.43 bits per heavy atom. The SMILES string of the molecule is COc1cccc(CC(O)C2CCOC3(CCSC3)C2)c1. The first-order chi connectivity index (χ1) is 10.2. The van der Waals surface area contributed by atoms with Crippen molar-refractivity contribution in [2.24, 2.45) is 5.92 Å². The van der Waals surface area contributed by atoms with Crippen molar-refractivity contribution in [3.05, 3.63) is 29.8 Å². The second kappa shape index (κ2) is 6.59. The fourth-order valence-corrected chi connectivity index (χ4v) is 4.84. The molecule has 0 bridgehead atoms. The summed E-state index contributed by atoms with van der Waals surface area (Å²) >= 11 is 1.98. The molecule has 0 radical (unpaired) electrons. The van der Waals surface area contributed by atoms with E-state index in [9.17, 15) is 5.11 Å². The largest absolute Gasteiger partial charge is 0.497 e. The van der Waals surface area contributed by atoms with Gasteiger partial charge in [-0.3, -0.25) is 0 Å². The van der Waals surface area contributed by atoms with Crippen molar-refractivity contribution < 1.29 is 14.6 Å². The minimum Gasteiger partial charge on any atom is -0.497 e. The fraction of sp³-hybridized carbons (Fsp3) is 0.647. The van der Waals surface area contributed by atoms with Gasteiger partial charge in [-0.2, -0.15) is 11.8 Å². The third kappa shape index (κ3) is 3.55. The normalized spacial score (nSPS) is 30.5. The summed E-state index contributed by atoms with van der Waals surface area (Å²) in [7, 11) is 1.68. The predicted octanol–water partition coefficient (Wildman–Crippen LogP) is 2.90. The molecule has 3 rings (SSSR count). The second-order valence-corrected chi connectivity index (χ2v) is 7.32. The third-order valence-corrected chi connectivity index (χ3v) is 5.94. The van der Waals surface area contributed by atoms with Crippen molar-refractivity contribution in [1.29, 1.82) is 0 Å². The summed E-state index contributed by atoms with van der Waals surface area (Å²) in [5.74, 6) is 3.49. The molecular formula is C17H24O3S. The Morgan fingerprint density at radius 3 is 3.19 bits per heavy atom. The quantitative estimate of drug-likeness (QED) is 0.928. The molecule has 3 unspecified atom stereocenters. The van der Waals surface area contributed by atoms with Gasteiger partial charge < -0.3 is 14.6 Å². The Kier molecular flexibility index (Phi) is 4.77. The van der Waals surface area contributed by atoms with Crippen LogP contribution in [0.25, 0.3) is 0 Å². The summed E-state index contributed by atoms with van der Waals surface area (Å²) in [4.78, 5) is 0. The standard InChI is InChI=1S/C17H24O3S/c1-19-15-4-2-3-13(9-15)10-16(18)14-5-7-20-17(11-14)6-8-21-12-17/h2-4,9,14,16,18H,5-8,10-12H2,1H3. The van der Waals surface area contributed by atoms with Crippen molar-refractivity contribution in [3.8, 4) is 5.75 Å². The number of aliphatic hydroxyl groups is 1. The maximum absolute atomic E-state index is 10.6. The number of aliphatic hydroxyl groups excluding tert-OH is 1. The van der Waals surface area contributed by atoms with E-state index in [-0.39, 0.29) is 11.7 Å². The van der Waals surface area contributed by atoms with Gasteiger partial charge in [0.25, 0.3) is 0 Å². The highest BCUT2D eigenvalue weighted by molar-refractivity contribution is 7.99. The van der Waals surface area contributed by atoms with Crippen LogP contribution < -0.4 is 4.74 Å². The van der Waals surface area contributed by atoms with E-state index in [1.54, 1.807) is 7.11 Å². The average molecular weight is 308 g/mol. The highest BCUT2D eigenvalue weighted by atomic mass is 32.2. The Hall–Kier alpha value is -0.710. The molecule has 2 aliphatic rings. The predicted molar refractivity (Wildman–Crippen MR) is 86.1 cm³/mol. The molecule has 2 saturated heterocycles. The molecule has 2 fully saturated rings. The summed E-state index contributed by atoms with van der Waals surface area (Å²) in [6.07, 6.45) is 3.52. The van der Waals surface area contributed by atoms with Crippen LogP contribution in [0.5, 0.6) is 5.75 Å². The number of hydrogen-bond acceptors (Lipinski definition) is 4. The third-order valence-electron chi connectivity index (χ3n) is 4.72. The molecule has 3 atom stereocenters. The van der Waals surface area contributed by atoms with Crippen LogP contribution in [0.4, 0.5) is 0 Å². The van der Waals surface area contributed by atoms with Crippen LogP contribution in [0.3, 0.4) is 0 Å². The van der Waals surface area contributed by atoms with Crippen molar-refractivity contribution in [1.82, 2.24) is 0 Å². The molecule has 4 heteroatoms. The van der Waals surface area contributed by atoms with Gasteiger partial charge in [-0.05, 0) is 55.1 Å². The molecule has 3 nitrogen and oxygen atoms in total. The van der Waals surface area contributed by atoms with Crippen LogP contribution in [0.2, 0.25) is 0 Å². The van der Waals surface area contributed by atoms with Gasteiger partial charge in [0.05, 0.1) is 18.8 Å². The summed E-state index contributed by atoms with van der Waals surface area (Å²) in [6.45, 7) is 0.792. The summed E-state index contributed by atoms with van der Waals surface area (Å²) in [5.41, 5.74) is 1.19. The van der Waals surface area contributed by atoms with E-state index in [2.05, 4.69) is 6.07 Å². The van der Waals surface area contributed by atoms with Crippen LogP contribution in [0.15, 0.2) is 24.3 Å². The van der Waals surface area contributed by atoms with Gasteiger partial charge in [-0.25, -0.2) is 0 Å². The minimum absolute atomic E-state index is 0.0446. The molecular weight excluding hydrogens is 284 g/mol. The maximum Gasteiger partial charge on any atom is 0.119 e. The lowest BCUT2D eigenvalue weighted by Gasteiger charge is -2.39. The number of benzene rings is 1. The molecule has 0 saturated carbocycles. The average Bonchev–Trinajstić information content (AvgIpc) is 2.95. The molecule has 1 spiro atoms. The highest BCUT2D eigenvalue weighted by Gasteiger charge is 2.42. The molecule has 21 heavy (non-hydrogen) atoms. The molecule has 1 aromatic rings. The van der Waals surface area contributed by atoms with Gasteiger partial charge in [0, 0.05) is 12.4 Å². The molecule has 0 amide bonds. The number of methoxy groups -OCH3 is 1. The van der Waals surface area contributed by atoms with E-state index in [1.165, 1.54) is 5.75 Å². The van der Waals surface area contributed by atoms with Crippen molar-refractivity contribution >= 4 is 11.8 Å². The van der Waals surface area contributed by atoms with Crippen LogP contribution >= 0.6 is 11.8 Å². The molecule has 2 aliphatic heterocycles. The zero-order valence-corrected chi connectivity index (χ0v) is 13.4. The molecule has 2 heterocycles. The van der Waals surface area contributed by atoms with Crippen molar-refractivity contribution in [3.63, 3.8) is 0 Å². The molecule has 116 valence electrons. The molecule has 1 aromatic carbocycles. The lowest BCUT2D eigenvalue weighted by molar-refractivity contribution is -0.101. The first-order valence-corrected chi connectivity index (χ1v) is 8.89. The van der Waals surface area contributed by atoms with Crippen LogP contribution in [-0.2, 0) is 11.2 Å². The molecule has 1 N–H and O–H groups in total. The monoisotopic (exact) mass is 308 g/mol. The van der Waals surface area contributed by atoms with Crippen LogP contribution in [0, 0.1) is 5.92 Å². The van der Waals surface area contributed by atoms with Crippen molar-refractivity contribution in [2.75, 3.05) is 25.2 Å². The summed E-state index contributed by atoms with van der Waals surface area (Å²) in [6, 6.07) is 8.00.